The normalized spacial score (nSPS) is 15.1. The topological polar surface area (TPSA) is 131 Å². The molecule has 1 unspecified atom stereocenters. The molecule has 0 saturated carbocycles. The summed E-state index contributed by atoms with van der Waals surface area (Å²) in [5.41, 5.74) is 2.34. The molecule has 4 rings (SSSR count). The quantitative estimate of drug-likeness (QED) is 0.555. The van der Waals surface area contributed by atoms with Crippen LogP contribution in [-0.2, 0) is 4.79 Å². The second-order valence-electron chi connectivity index (χ2n) is 6.82. The lowest BCUT2D eigenvalue weighted by Gasteiger charge is -2.28. The summed E-state index contributed by atoms with van der Waals surface area (Å²) < 4.78 is 7.10. The minimum absolute atomic E-state index is 0.145. The fourth-order valence-corrected chi connectivity index (χ4v) is 3.46. The van der Waals surface area contributed by atoms with Crippen LogP contribution in [0.2, 0.25) is 0 Å². The zero-order valence-electron chi connectivity index (χ0n) is 16.9. The molecular weight excluding hydrogens is 400 g/mol. The van der Waals surface area contributed by atoms with Crippen molar-refractivity contribution >= 4 is 23.5 Å². The van der Waals surface area contributed by atoms with Crippen molar-refractivity contribution in [2.45, 2.75) is 19.9 Å². The van der Waals surface area contributed by atoms with Gasteiger partial charge in [-0.05, 0) is 54.1 Å². The Morgan fingerprint density at radius 1 is 1.19 bits per heavy atom. The third-order valence-electron chi connectivity index (χ3n) is 4.87. The van der Waals surface area contributed by atoms with Gasteiger partial charge in [-0.3, -0.25) is 4.79 Å². The van der Waals surface area contributed by atoms with Gasteiger partial charge in [-0.15, -0.1) is 0 Å². The largest absolute Gasteiger partial charge is 0.492 e. The molecule has 0 spiro atoms. The third-order valence-corrected chi connectivity index (χ3v) is 4.87. The maximum Gasteiger partial charge on any atom is 0.335 e. The van der Waals surface area contributed by atoms with E-state index in [1.165, 1.54) is 16.8 Å². The van der Waals surface area contributed by atoms with Crippen LogP contribution in [0.15, 0.2) is 59.8 Å². The molecule has 10 heteroatoms. The van der Waals surface area contributed by atoms with Crippen LogP contribution in [0.3, 0.4) is 0 Å². The molecule has 10 nitrogen and oxygen atoms in total. The number of aromatic carboxylic acids is 1. The number of ether oxygens (including phenoxy) is 1. The van der Waals surface area contributed by atoms with Crippen molar-refractivity contribution in [1.29, 1.82) is 0 Å². The van der Waals surface area contributed by atoms with Gasteiger partial charge in [-0.25, -0.2) is 4.79 Å². The van der Waals surface area contributed by atoms with E-state index < -0.39 is 12.0 Å². The number of fused-ring (bicyclic) bond motifs is 1. The summed E-state index contributed by atoms with van der Waals surface area (Å²) in [5, 5.41) is 26.8. The number of benzene rings is 2. The number of nitrogens with one attached hydrogen (secondary N) is 2. The second-order valence-corrected chi connectivity index (χ2v) is 6.82. The summed E-state index contributed by atoms with van der Waals surface area (Å²) in [7, 11) is 0. The molecule has 3 N–H and O–H groups in total. The van der Waals surface area contributed by atoms with Gasteiger partial charge in [-0.1, -0.05) is 29.4 Å². The van der Waals surface area contributed by atoms with Crippen molar-refractivity contribution in [3.05, 3.63) is 70.9 Å². The summed E-state index contributed by atoms with van der Waals surface area (Å²) in [6.07, 6.45) is 0. The predicted molar refractivity (Wildman–Crippen MR) is 112 cm³/mol. The highest BCUT2D eigenvalue weighted by molar-refractivity contribution is 6.06. The average Bonchev–Trinajstić information content (AvgIpc) is 3.22. The molecule has 0 saturated heterocycles. The van der Waals surface area contributed by atoms with Crippen molar-refractivity contribution in [2.75, 3.05) is 17.2 Å². The van der Waals surface area contributed by atoms with E-state index in [4.69, 9.17) is 4.74 Å². The van der Waals surface area contributed by atoms with Gasteiger partial charge in [0.05, 0.1) is 23.4 Å². The van der Waals surface area contributed by atoms with Crippen molar-refractivity contribution < 1.29 is 19.4 Å². The molecule has 0 aliphatic carbocycles. The molecule has 1 atom stereocenters. The highest BCUT2D eigenvalue weighted by Crippen LogP contribution is 2.35. The van der Waals surface area contributed by atoms with E-state index in [1.807, 2.05) is 13.0 Å². The van der Waals surface area contributed by atoms with Gasteiger partial charge in [-0.2, -0.15) is 4.68 Å². The molecule has 0 bridgehead atoms. The van der Waals surface area contributed by atoms with Crippen LogP contribution in [0.1, 0.15) is 35.8 Å². The van der Waals surface area contributed by atoms with Gasteiger partial charge in [0.25, 0.3) is 5.91 Å². The van der Waals surface area contributed by atoms with Gasteiger partial charge in [0.2, 0.25) is 5.95 Å². The monoisotopic (exact) mass is 420 g/mol. The summed E-state index contributed by atoms with van der Waals surface area (Å²) in [5.74, 6) is -0.440. The van der Waals surface area contributed by atoms with Gasteiger partial charge >= 0.3 is 5.97 Å². The number of tetrazole rings is 1. The van der Waals surface area contributed by atoms with Crippen molar-refractivity contribution in [3.63, 3.8) is 0 Å². The molecule has 2 aromatic carbocycles. The van der Waals surface area contributed by atoms with E-state index in [-0.39, 0.29) is 11.5 Å². The number of hydrogen-bond acceptors (Lipinski definition) is 7. The predicted octanol–water partition coefficient (Wildman–Crippen LogP) is 2.70. The number of nitrogens with zero attached hydrogens (tertiary/aromatic N) is 4. The first-order valence-electron chi connectivity index (χ1n) is 9.61. The lowest BCUT2D eigenvalue weighted by Crippen LogP contribution is -2.31. The van der Waals surface area contributed by atoms with Crippen LogP contribution < -0.4 is 15.4 Å². The molecule has 3 aromatic rings. The number of aromatic nitrogens is 4. The molecule has 158 valence electrons. The number of allylic oxidation sites excluding steroid dienone is 1. The minimum Gasteiger partial charge on any atom is -0.492 e. The number of carbonyl (C=O) groups excluding carboxylic acids is 1. The number of hydrogen-bond donors (Lipinski definition) is 3. The van der Waals surface area contributed by atoms with Crippen LogP contribution in [0.4, 0.5) is 11.6 Å². The summed E-state index contributed by atoms with van der Waals surface area (Å²) in [6, 6.07) is 12.8. The highest BCUT2D eigenvalue weighted by atomic mass is 16.5. The number of carbonyl (C=O) groups is 2. The Morgan fingerprint density at radius 2 is 1.94 bits per heavy atom. The highest BCUT2D eigenvalue weighted by Gasteiger charge is 2.34. The Morgan fingerprint density at radius 3 is 2.65 bits per heavy atom. The number of para-hydroxylation sites is 2. The lowest BCUT2D eigenvalue weighted by molar-refractivity contribution is -0.113. The molecular formula is C21H20N6O4. The first-order valence-corrected chi connectivity index (χ1v) is 9.61. The van der Waals surface area contributed by atoms with Crippen LogP contribution >= 0.6 is 0 Å². The number of amides is 1. The first kappa shape index (κ1) is 20.1. The zero-order chi connectivity index (χ0) is 22.0. The van der Waals surface area contributed by atoms with E-state index in [2.05, 4.69) is 26.2 Å². The number of rotatable bonds is 6. The van der Waals surface area contributed by atoms with E-state index in [0.717, 1.165) is 0 Å². The van der Waals surface area contributed by atoms with Crippen molar-refractivity contribution in [3.8, 4) is 5.75 Å². The fraction of sp³-hybridized carbons (Fsp3) is 0.190. The minimum atomic E-state index is -1.03. The van der Waals surface area contributed by atoms with Crippen LogP contribution in [0, 0.1) is 0 Å². The van der Waals surface area contributed by atoms with E-state index >= 15 is 0 Å². The molecule has 1 amide bonds. The van der Waals surface area contributed by atoms with Gasteiger partial charge in [0, 0.05) is 5.70 Å². The molecule has 1 aromatic heterocycles. The molecule has 1 aliphatic heterocycles. The Kier molecular flexibility index (Phi) is 5.35. The molecule has 31 heavy (non-hydrogen) atoms. The lowest BCUT2D eigenvalue weighted by atomic mass is 9.94. The number of anilines is 2. The van der Waals surface area contributed by atoms with E-state index in [1.54, 1.807) is 37.3 Å². The maximum absolute atomic E-state index is 13.4. The van der Waals surface area contributed by atoms with Crippen molar-refractivity contribution in [2.24, 2.45) is 0 Å². The van der Waals surface area contributed by atoms with E-state index in [0.29, 0.717) is 40.8 Å². The van der Waals surface area contributed by atoms with Crippen LogP contribution in [-0.4, -0.2) is 43.8 Å². The van der Waals surface area contributed by atoms with E-state index in [9.17, 15) is 14.7 Å². The Hall–Kier alpha value is -4.21. The Labute approximate surface area is 177 Å². The molecule has 1 aliphatic rings. The number of carboxylic acids is 1. The summed E-state index contributed by atoms with van der Waals surface area (Å²) >= 11 is 0. The molecule has 2 heterocycles. The van der Waals surface area contributed by atoms with Crippen molar-refractivity contribution in [1.82, 2.24) is 20.2 Å². The second kappa shape index (κ2) is 8.27. The fourth-order valence-electron chi connectivity index (χ4n) is 3.46. The zero-order valence-corrected chi connectivity index (χ0v) is 16.9. The van der Waals surface area contributed by atoms with Gasteiger partial charge < -0.3 is 20.5 Å². The summed E-state index contributed by atoms with van der Waals surface area (Å²) in [6.45, 7) is 4.09. The van der Waals surface area contributed by atoms with Crippen LogP contribution in [0.5, 0.6) is 5.75 Å². The molecule has 0 fully saturated rings. The van der Waals surface area contributed by atoms with Gasteiger partial charge in [0.15, 0.2) is 0 Å². The SMILES string of the molecule is CCOc1ccccc1NC(=O)C1=C(C)Nc2nnnn2C1c1ccc(C(=O)O)cc1. The smallest absolute Gasteiger partial charge is 0.335 e. The number of carboxylic acid groups (broad SMARTS) is 1. The van der Waals surface area contributed by atoms with Crippen LogP contribution in [0.25, 0.3) is 0 Å². The van der Waals surface area contributed by atoms with Gasteiger partial charge in [0.1, 0.15) is 11.8 Å². The maximum atomic E-state index is 13.4. The molecule has 0 radical (unpaired) electrons. The average molecular weight is 420 g/mol. The Bertz CT molecular complexity index is 1170. The standard InChI is InChI=1S/C21H20N6O4/c1-3-31-16-7-5-4-6-15(16)23-19(28)17-12(2)22-21-24-25-26-27(21)18(17)13-8-10-14(11-9-13)20(29)30/h4-11,18H,3H2,1-2H3,(H,23,28)(H,29,30)(H,22,24,26). The summed E-state index contributed by atoms with van der Waals surface area (Å²) in [4.78, 5) is 24.6. The first-order chi connectivity index (χ1) is 15.0. The third kappa shape index (κ3) is 3.82. The Balaban J connectivity index is 1.74.